The number of benzene rings is 1. The molecule has 0 bridgehead atoms. The summed E-state index contributed by atoms with van der Waals surface area (Å²) in [5, 5.41) is 7.26. The van der Waals surface area contributed by atoms with Gasteiger partial charge in [0, 0.05) is 0 Å². The minimum absolute atomic E-state index is 0.0989. The Hall–Kier alpha value is -1.57. The van der Waals surface area contributed by atoms with Crippen LogP contribution in [0.15, 0.2) is 24.3 Å². The Kier molecular flexibility index (Phi) is 4.80. The monoisotopic (exact) mass is 310 g/mol. The van der Waals surface area contributed by atoms with Crippen LogP contribution in [0, 0.1) is 0 Å². The zero-order valence-corrected chi connectivity index (χ0v) is 11.3. The maximum Gasteiger partial charge on any atom is 0.416 e. The van der Waals surface area contributed by atoms with E-state index in [1.54, 1.807) is 0 Å². The number of carboxylic acids is 1. The molecule has 0 radical (unpaired) electrons. The maximum absolute atomic E-state index is 12.4. The molecule has 0 aliphatic heterocycles. The van der Waals surface area contributed by atoms with Gasteiger partial charge in [-0.05, 0) is 24.1 Å². The van der Waals surface area contributed by atoms with Crippen LogP contribution in [-0.4, -0.2) is 24.7 Å². The third-order valence-corrected chi connectivity index (χ3v) is 4.87. The predicted octanol–water partition coefficient (Wildman–Crippen LogP) is 2.48. The van der Waals surface area contributed by atoms with E-state index in [1.165, 1.54) is 6.92 Å². The van der Waals surface area contributed by atoms with Gasteiger partial charge in [-0.15, -0.1) is 0 Å². The van der Waals surface area contributed by atoms with Crippen molar-refractivity contribution >= 4 is 15.8 Å². The summed E-state index contributed by atoms with van der Waals surface area (Å²) in [6, 6.07) is 3.61. The van der Waals surface area contributed by atoms with Crippen LogP contribution < -0.4 is 0 Å². The number of hydrogen-bond donors (Lipinski definition) is 1. The van der Waals surface area contributed by atoms with Crippen molar-refractivity contribution in [2.24, 2.45) is 0 Å². The lowest BCUT2D eigenvalue weighted by Crippen LogP contribution is -2.30. The fourth-order valence-electron chi connectivity index (χ4n) is 1.71. The average Bonchev–Trinajstić information content (AvgIpc) is 2.27. The summed E-state index contributed by atoms with van der Waals surface area (Å²) in [7, 11) is -3.95. The molecule has 0 saturated carbocycles. The van der Waals surface area contributed by atoms with Crippen LogP contribution in [0.4, 0.5) is 13.2 Å². The van der Waals surface area contributed by atoms with Gasteiger partial charge in [0.15, 0.2) is 15.1 Å². The SMILES string of the molecule is CCC(C(=O)O)S(=O)(=O)Cc1ccc(C(F)(F)F)cc1. The van der Waals surface area contributed by atoms with Crippen LogP contribution in [0.25, 0.3) is 0 Å². The zero-order chi connectivity index (χ0) is 15.6. The number of carboxylic acid groups (broad SMARTS) is 1. The number of sulfone groups is 1. The van der Waals surface area contributed by atoms with Crippen LogP contribution in [0.2, 0.25) is 0 Å². The van der Waals surface area contributed by atoms with Gasteiger partial charge in [0.05, 0.1) is 11.3 Å². The Bertz CT molecular complexity index is 576. The minimum Gasteiger partial charge on any atom is -0.480 e. The second-order valence-electron chi connectivity index (χ2n) is 4.24. The van der Waals surface area contributed by atoms with E-state index >= 15 is 0 Å². The van der Waals surface area contributed by atoms with Gasteiger partial charge in [-0.1, -0.05) is 19.1 Å². The molecule has 0 heterocycles. The molecule has 1 N–H and O–H groups in total. The fraction of sp³-hybridized carbons (Fsp3) is 0.417. The molecule has 4 nitrogen and oxygen atoms in total. The van der Waals surface area contributed by atoms with Crippen molar-refractivity contribution in [2.75, 3.05) is 0 Å². The normalized spacial score (nSPS) is 14.0. The van der Waals surface area contributed by atoms with Crippen molar-refractivity contribution in [2.45, 2.75) is 30.5 Å². The first-order valence-electron chi connectivity index (χ1n) is 5.68. The molecule has 1 rings (SSSR count). The summed E-state index contributed by atoms with van der Waals surface area (Å²) in [5.74, 6) is -2.06. The number of rotatable bonds is 5. The standard InChI is InChI=1S/C12H13F3O4S/c1-2-10(11(16)17)20(18,19)7-8-3-5-9(6-4-8)12(13,14)15/h3-6,10H,2,7H2,1H3,(H,16,17). The first-order valence-corrected chi connectivity index (χ1v) is 7.40. The Morgan fingerprint density at radius 3 is 2.10 bits per heavy atom. The van der Waals surface area contributed by atoms with Crippen LogP contribution in [0.3, 0.4) is 0 Å². The first kappa shape index (κ1) is 16.5. The van der Waals surface area contributed by atoms with E-state index in [4.69, 9.17) is 5.11 Å². The Labute approximate surface area is 114 Å². The summed E-state index contributed by atoms with van der Waals surface area (Å²) in [6.45, 7) is 1.42. The quantitative estimate of drug-likeness (QED) is 0.907. The average molecular weight is 310 g/mol. The van der Waals surface area contributed by atoms with Crippen LogP contribution in [0.1, 0.15) is 24.5 Å². The van der Waals surface area contributed by atoms with Gasteiger partial charge in [-0.3, -0.25) is 4.79 Å². The number of carbonyl (C=O) groups is 1. The molecule has 0 saturated heterocycles. The first-order chi connectivity index (χ1) is 9.08. The van der Waals surface area contributed by atoms with E-state index in [-0.39, 0.29) is 12.0 Å². The predicted molar refractivity (Wildman–Crippen MR) is 65.8 cm³/mol. The molecule has 0 aliphatic rings. The van der Waals surface area contributed by atoms with Crippen molar-refractivity contribution < 1.29 is 31.5 Å². The second kappa shape index (κ2) is 5.82. The van der Waals surface area contributed by atoms with Crippen molar-refractivity contribution in [1.29, 1.82) is 0 Å². The summed E-state index contributed by atoms with van der Waals surface area (Å²) in [4.78, 5) is 10.8. The number of aliphatic carboxylic acids is 1. The van der Waals surface area contributed by atoms with E-state index in [9.17, 15) is 26.4 Å². The molecule has 0 amide bonds. The highest BCUT2D eigenvalue weighted by atomic mass is 32.2. The van der Waals surface area contributed by atoms with Gasteiger partial charge >= 0.3 is 12.1 Å². The highest BCUT2D eigenvalue weighted by Crippen LogP contribution is 2.29. The van der Waals surface area contributed by atoms with Crippen molar-refractivity contribution in [3.63, 3.8) is 0 Å². The van der Waals surface area contributed by atoms with Gasteiger partial charge in [0.2, 0.25) is 0 Å². The summed E-state index contributed by atoms with van der Waals surface area (Å²) in [6.07, 6.45) is -4.59. The van der Waals surface area contributed by atoms with Crippen molar-refractivity contribution in [3.8, 4) is 0 Å². The van der Waals surface area contributed by atoms with E-state index in [2.05, 4.69) is 0 Å². The van der Waals surface area contributed by atoms with Gasteiger partial charge < -0.3 is 5.11 Å². The molecule has 0 aromatic heterocycles. The zero-order valence-electron chi connectivity index (χ0n) is 10.5. The van der Waals surface area contributed by atoms with Crippen molar-refractivity contribution in [3.05, 3.63) is 35.4 Å². The van der Waals surface area contributed by atoms with Crippen LogP contribution in [-0.2, 0) is 26.6 Å². The van der Waals surface area contributed by atoms with E-state index in [0.717, 1.165) is 24.3 Å². The molecule has 1 aromatic carbocycles. The lowest BCUT2D eigenvalue weighted by molar-refractivity contribution is -0.138. The molecule has 20 heavy (non-hydrogen) atoms. The Morgan fingerprint density at radius 2 is 1.75 bits per heavy atom. The maximum atomic E-state index is 12.4. The van der Waals surface area contributed by atoms with Gasteiger partial charge in [-0.2, -0.15) is 13.2 Å². The lowest BCUT2D eigenvalue weighted by atomic mass is 10.1. The molecule has 1 unspecified atom stereocenters. The molecule has 112 valence electrons. The molecular weight excluding hydrogens is 297 g/mol. The molecular formula is C12H13F3O4S. The topological polar surface area (TPSA) is 71.4 Å². The summed E-state index contributed by atoms with van der Waals surface area (Å²) < 4.78 is 60.8. The number of halogens is 3. The third kappa shape index (κ3) is 3.96. The van der Waals surface area contributed by atoms with Gasteiger partial charge in [0.1, 0.15) is 0 Å². The van der Waals surface area contributed by atoms with E-state index in [1.807, 2.05) is 0 Å². The highest BCUT2D eigenvalue weighted by molar-refractivity contribution is 7.92. The van der Waals surface area contributed by atoms with E-state index < -0.39 is 38.5 Å². The summed E-state index contributed by atoms with van der Waals surface area (Å²) in [5.41, 5.74) is -0.762. The van der Waals surface area contributed by atoms with E-state index in [0.29, 0.717) is 0 Å². The smallest absolute Gasteiger partial charge is 0.416 e. The second-order valence-corrected chi connectivity index (χ2v) is 6.42. The number of alkyl halides is 3. The lowest BCUT2D eigenvalue weighted by Gasteiger charge is -2.12. The third-order valence-electron chi connectivity index (χ3n) is 2.73. The van der Waals surface area contributed by atoms with Gasteiger partial charge in [-0.25, -0.2) is 8.42 Å². The molecule has 0 aliphatic carbocycles. The Balaban J connectivity index is 2.96. The van der Waals surface area contributed by atoms with Gasteiger partial charge in [0.25, 0.3) is 0 Å². The van der Waals surface area contributed by atoms with Crippen LogP contribution >= 0.6 is 0 Å². The Morgan fingerprint density at radius 1 is 1.25 bits per heavy atom. The number of hydrogen-bond acceptors (Lipinski definition) is 3. The fourth-order valence-corrected chi connectivity index (χ4v) is 3.38. The molecule has 1 aromatic rings. The summed E-state index contributed by atoms with van der Waals surface area (Å²) >= 11 is 0. The highest BCUT2D eigenvalue weighted by Gasteiger charge is 2.32. The minimum atomic E-state index is -4.50. The molecule has 1 atom stereocenters. The van der Waals surface area contributed by atoms with Crippen LogP contribution in [0.5, 0.6) is 0 Å². The molecule has 8 heteroatoms. The van der Waals surface area contributed by atoms with Crippen molar-refractivity contribution in [1.82, 2.24) is 0 Å². The molecule has 0 spiro atoms. The largest absolute Gasteiger partial charge is 0.480 e. The molecule has 0 fully saturated rings.